The molecule has 1 aliphatic carbocycles. The van der Waals surface area contributed by atoms with Gasteiger partial charge in [0.25, 0.3) is 5.91 Å². The molecule has 1 aliphatic rings. The molecule has 2 atom stereocenters. The number of ketones is 1. The molecule has 32 heavy (non-hydrogen) atoms. The predicted octanol–water partition coefficient (Wildman–Crippen LogP) is -1.38. The molecule has 1 rings (SSSR count). The van der Waals surface area contributed by atoms with Gasteiger partial charge in [-0.25, -0.2) is 0 Å². The first kappa shape index (κ1) is 27.4. The van der Waals surface area contributed by atoms with Gasteiger partial charge in [-0.15, -0.1) is 11.8 Å². The fourth-order valence-electron chi connectivity index (χ4n) is 2.96. The summed E-state index contributed by atoms with van der Waals surface area (Å²) in [4.78, 5) is 69.8. The van der Waals surface area contributed by atoms with Crippen molar-refractivity contribution >= 4 is 47.2 Å². The first-order chi connectivity index (χ1) is 15.1. The van der Waals surface area contributed by atoms with E-state index in [1.54, 1.807) is 0 Å². The van der Waals surface area contributed by atoms with E-state index in [2.05, 4.69) is 16.0 Å². The molecule has 0 heterocycles. The van der Waals surface area contributed by atoms with E-state index >= 15 is 0 Å². The molecule has 0 spiro atoms. The van der Waals surface area contributed by atoms with Crippen LogP contribution in [0.15, 0.2) is 0 Å². The number of rotatable bonds is 14. The van der Waals surface area contributed by atoms with Crippen LogP contribution in [0.3, 0.4) is 0 Å². The zero-order valence-corrected chi connectivity index (χ0v) is 18.4. The molecule has 12 nitrogen and oxygen atoms in total. The predicted molar refractivity (Wildman–Crippen MR) is 115 cm³/mol. The van der Waals surface area contributed by atoms with Crippen LogP contribution in [0.25, 0.3) is 0 Å². The Morgan fingerprint density at radius 1 is 1.00 bits per heavy atom. The third-order valence-electron chi connectivity index (χ3n) is 4.80. The number of carboxylic acids is 2. The second-order valence-corrected chi connectivity index (χ2v) is 8.62. The van der Waals surface area contributed by atoms with Crippen LogP contribution in [-0.2, 0) is 28.8 Å². The second-order valence-electron chi connectivity index (χ2n) is 7.43. The molecule has 3 amide bonds. The van der Waals surface area contributed by atoms with Crippen molar-refractivity contribution in [1.82, 2.24) is 16.0 Å². The Balaban J connectivity index is 2.56. The highest BCUT2D eigenvalue weighted by Gasteiger charge is 2.25. The summed E-state index contributed by atoms with van der Waals surface area (Å²) in [5.74, 6) is -5.58. The van der Waals surface area contributed by atoms with Gasteiger partial charge in [-0.05, 0) is 19.3 Å². The number of amides is 3. The van der Waals surface area contributed by atoms with Crippen LogP contribution in [-0.4, -0.2) is 81.8 Å². The highest BCUT2D eigenvalue weighted by atomic mass is 32.2. The van der Waals surface area contributed by atoms with Gasteiger partial charge in [0.05, 0.1) is 5.75 Å². The molecule has 0 bridgehead atoms. The first-order valence-electron chi connectivity index (χ1n) is 10.3. The Morgan fingerprint density at radius 2 is 1.66 bits per heavy atom. The zero-order chi connectivity index (χ0) is 24.1. The normalized spacial score (nSPS) is 15.8. The van der Waals surface area contributed by atoms with Crippen molar-refractivity contribution in [3.63, 3.8) is 0 Å². The lowest BCUT2D eigenvalue weighted by molar-refractivity contribution is -0.139. The van der Waals surface area contributed by atoms with Crippen molar-refractivity contribution in [3.05, 3.63) is 0 Å². The van der Waals surface area contributed by atoms with Gasteiger partial charge < -0.3 is 31.9 Å². The minimum Gasteiger partial charge on any atom is -0.480 e. The summed E-state index contributed by atoms with van der Waals surface area (Å²) in [6.07, 6.45) is 4.38. The van der Waals surface area contributed by atoms with E-state index in [1.807, 2.05) is 0 Å². The average Bonchev–Trinajstić information content (AvgIpc) is 2.75. The van der Waals surface area contributed by atoms with Crippen molar-refractivity contribution in [2.24, 2.45) is 5.73 Å². The average molecular weight is 475 g/mol. The minimum atomic E-state index is -1.27. The van der Waals surface area contributed by atoms with Gasteiger partial charge in [-0.2, -0.15) is 0 Å². The summed E-state index contributed by atoms with van der Waals surface area (Å²) < 4.78 is 0. The molecule has 0 aromatic heterocycles. The largest absolute Gasteiger partial charge is 0.480 e. The van der Waals surface area contributed by atoms with Gasteiger partial charge >= 0.3 is 11.9 Å². The maximum absolute atomic E-state index is 12.3. The smallest absolute Gasteiger partial charge is 0.322 e. The molecule has 13 heteroatoms. The minimum absolute atomic E-state index is 0.0451. The summed E-state index contributed by atoms with van der Waals surface area (Å²) in [5.41, 5.74) is 5.33. The molecular weight excluding hydrogens is 444 g/mol. The maximum Gasteiger partial charge on any atom is 0.322 e. The van der Waals surface area contributed by atoms with E-state index < -0.39 is 53.3 Å². The highest BCUT2D eigenvalue weighted by Crippen LogP contribution is 2.17. The number of hydrogen-bond donors (Lipinski definition) is 6. The van der Waals surface area contributed by atoms with Crippen molar-refractivity contribution < 1.29 is 39.0 Å². The van der Waals surface area contributed by atoms with Gasteiger partial charge in [0.2, 0.25) is 17.6 Å². The van der Waals surface area contributed by atoms with E-state index in [0.717, 1.165) is 43.9 Å². The zero-order valence-electron chi connectivity index (χ0n) is 17.6. The van der Waals surface area contributed by atoms with Crippen molar-refractivity contribution in [3.8, 4) is 0 Å². The van der Waals surface area contributed by atoms with Crippen molar-refractivity contribution in [2.45, 2.75) is 62.3 Å². The number of aliphatic carboxylic acids is 2. The van der Waals surface area contributed by atoms with E-state index in [0.29, 0.717) is 0 Å². The van der Waals surface area contributed by atoms with Crippen LogP contribution in [0.4, 0.5) is 0 Å². The highest BCUT2D eigenvalue weighted by molar-refractivity contribution is 8.01. The fourth-order valence-corrected chi connectivity index (χ4v) is 3.88. The molecule has 0 aromatic carbocycles. The maximum atomic E-state index is 12.3. The second kappa shape index (κ2) is 14.4. The summed E-state index contributed by atoms with van der Waals surface area (Å²) >= 11 is 0.802. The molecule has 0 radical (unpaired) electrons. The Kier molecular flexibility index (Phi) is 12.3. The van der Waals surface area contributed by atoms with Gasteiger partial charge in [-0.1, -0.05) is 19.3 Å². The molecule has 7 N–H and O–H groups in total. The molecular formula is C19H30N4O8S. The van der Waals surface area contributed by atoms with E-state index in [9.17, 15) is 28.8 Å². The Labute approximate surface area is 189 Å². The lowest BCUT2D eigenvalue weighted by atomic mass is 9.95. The topological polar surface area (TPSA) is 205 Å². The SMILES string of the molecule is NC(CCC(=O)NCC(SCC(=O)C(=O)NC1CCCCC1)C(=O)NCC(=O)O)C(=O)O. The van der Waals surface area contributed by atoms with Crippen LogP contribution in [0.5, 0.6) is 0 Å². The number of thioether (sulfide) groups is 1. The molecule has 0 saturated heterocycles. The van der Waals surface area contributed by atoms with Gasteiger partial charge in [-0.3, -0.25) is 28.8 Å². The van der Waals surface area contributed by atoms with Crippen LogP contribution < -0.4 is 21.7 Å². The Hall–Kier alpha value is -2.67. The fraction of sp³-hybridized carbons (Fsp3) is 0.684. The lowest BCUT2D eigenvalue weighted by Crippen LogP contribution is -2.44. The van der Waals surface area contributed by atoms with Crippen LogP contribution in [0, 0.1) is 0 Å². The molecule has 0 aliphatic heterocycles. The number of carbonyl (C=O) groups is 6. The Bertz CT molecular complexity index is 711. The van der Waals surface area contributed by atoms with Crippen LogP contribution >= 0.6 is 11.8 Å². The lowest BCUT2D eigenvalue weighted by Gasteiger charge is -2.22. The standard InChI is InChI=1S/C19H30N4O8S/c20-12(19(30)31)6-7-15(25)21-8-14(18(29)22-9-16(26)27)32-10-13(24)17(28)23-11-4-2-1-3-5-11/h11-12,14H,1-10,20H2,(H,21,25)(H,22,29)(H,23,28)(H,26,27)(H,30,31). The third-order valence-corrected chi connectivity index (χ3v) is 6.01. The molecule has 180 valence electrons. The van der Waals surface area contributed by atoms with E-state index in [4.69, 9.17) is 15.9 Å². The summed E-state index contributed by atoms with van der Waals surface area (Å²) in [5, 5.41) is 23.7. The number of nitrogens with two attached hydrogens (primary N) is 1. The first-order valence-corrected chi connectivity index (χ1v) is 11.3. The van der Waals surface area contributed by atoms with Crippen LogP contribution in [0.1, 0.15) is 44.9 Å². The Morgan fingerprint density at radius 3 is 2.25 bits per heavy atom. The van der Waals surface area contributed by atoms with Gasteiger partial charge in [0, 0.05) is 19.0 Å². The summed E-state index contributed by atoms with van der Waals surface area (Å²) in [6.45, 7) is -0.887. The monoisotopic (exact) mass is 474 g/mol. The molecule has 0 aromatic rings. The summed E-state index contributed by atoms with van der Waals surface area (Å²) in [6, 6.07) is -1.25. The van der Waals surface area contributed by atoms with Gasteiger partial charge in [0.1, 0.15) is 17.8 Å². The number of carbonyl (C=O) groups excluding carboxylic acids is 4. The number of Topliss-reactive ketones (excluding diaryl/α,β-unsaturated/α-hetero) is 1. The number of hydrogen-bond acceptors (Lipinski definition) is 8. The van der Waals surface area contributed by atoms with Crippen LogP contribution in [0.2, 0.25) is 0 Å². The third kappa shape index (κ3) is 11.1. The molecule has 1 saturated carbocycles. The molecule has 2 unspecified atom stereocenters. The number of carboxylic acid groups (broad SMARTS) is 2. The van der Waals surface area contributed by atoms with E-state index in [1.165, 1.54) is 0 Å². The summed E-state index contributed by atoms with van der Waals surface area (Å²) in [7, 11) is 0. The van der Waals surface area contributed by atoms with Gasteiger partial charge in [0.15, 0.2) is 0 Å². The van der Waals surface area contributed by atoms with Crippen molar-refractivity contribution in [1.29, 1.82) is 0 Å². The van der Waals surface area contributed by atoms with E-state index in [-0.39, 0.29) is 31.2 Å². The quantitative estimate of drug-likeness (QED) is 0.163. The molecule has 1 fully saturated rings. The van der Waals surface area contributed by atoms with Crippen molar-refractivity contribution in [2.75, 3.05) is 18.8 Å². The number of nitrogens with one attached hydrogen (secondary N) is 3.